The van der Waals surface area contributed by atoms with Gasteiger partial charge < -0.3 is 15.4 Å². The van der Waals surface area contributed by atoms with Gasteiger partial charge in [0.25, 0.3) is 5.91 Å². The monoisotopic (exact) mass is 210 g/mol. The van der Waals surface area contributed by atoms with Gasteiger partial charge in [0, 0.05) is 7.11 Å². The molecule has 1 unspecified atom stereocenters. The van der Waals surface area contributed by atoms with E-state index < -0.39 is 6.10 Å². The van der Waals surface area contributed by atoms with Crippen LogP contribution < -0.4 is 10.6 Å². The summed E-state index contributed by atoms with van der Waals surface area (Å²) >= 11 is 0. The van der Waals surface area contributed by atoms with Gasteiger partial charge in [0.2, 0.25) is 0 Å². The van der Waals surface area contributed by atoms with E-state index in [1.807, 2.05) is 0 Å². The van der Waals surface area contributed by atoms with E-state index in [-0.39, 0.29) is 11.7 Å². The van der Waals surface area contributed by atoms with Crippen molar-refractivity contribution in [3.63, 3.8) is 0 Å². The molecule has 1 aliphatic heterocycles. The molecule has 0 saturated carbocycles. The highest BCUT2D eigenvalue weighted by Crippen LogP contribution is 2.25. The smallest absolute Gasteiger partial charge is 0.255 e. The van der Waals surface area contributed by atoms with Crippen molar-refractivity contribution in [3.05, 3.63) is 24.0 Å². The van der Waals surface area contributed by atoms with Gasteiger partial charge in [-0.1, -0.05) is 0 Å². The van der Waals surface area contributed by atoms with Gasteiger partial charge in [-0.3, -0.25) is 4.79 Å². The second kappa shape index (κ2) is 3.86. The second-order valence-corrected chi connectivity index (χ2v) is 3.28. The van der Waals surface area contributed by atoms with Crippen LogP contribution >= 0.6 is 0 Å². The highest BCUT2D eigenvalue weighted by Gasteiger charge is 2.22. The molecule has 5 heteroatoms. The van der Waals surface area contributed by atoms with Crippen molar-refractivity contribution in [3.8, 4) is 0 Å². The Hall–Kier alpha value is -1.62. The summed E-state index contributed by atoms with van der Waals surface area (Å²) < 4.78 is 17.9. The van der Waals surface area contributed by atoms with E-state index in [1.54, 1.807) is 0 Å². The molecule has 15 heavy (non-hydrogen) atoms. The van der Waals surface area contributed by atoms with Crippen LogP contribution in [0.3, 0.4) is 0 Å². The van der Waals surface area contributed by atoms with Crippen molar-refractivity contribution in [2.45, 2.75) is 6.10 Å². The summed E-state index contributed by atoms with van der Waals surface area (Å²) in [6, 6.07) is 4.16. The van der Waals surface area contributed by atoms with Crippen LogP contribution in [-0.2, 0) is 9.53 Å². The topological polar surface area (TPSA) is 50.4 Å². The van der Waals surface area contributed by atoms with E-state index in [2.05, 4.69) is 10.6 Å². The van der Waals surface area contributed by atoms with Gasteiger partial charge >= 0.3 is 0 Å². The number of methoxy groups -OCH3 is 1. The van der Waals surface area contributed by atoms with Crippen molar-refractivity contribution >= 4 is 17.3 Å². The summed E-state index contributed by atoms with van der Waals surface area (Å²) in [5.41, 5.74) is 1.14. The number of rotatable bonds is 1. The van der Waals surface area contributed by atoms with Gasteiger partial charge in [0.1, 0.15) is 5.82 Å². The normalized spacial score (nSPS) is 19.9. The molecule has 80 valence electrons. The van der Waals surface area contributed by atoms with Crippen LogP contribution in [-0.4, -0.2) is 25.7 Å². The number of benzene rings is 1. The number of amides is 1. The SMILES string of the molecule is COC1CNc2cc(F)ccc2NC1=O. The molecule has 1 aromatic carbocycles. The van der Waals surface area contributed by atoms with Crippen LogP contribution in [0.15, 0.2) is 18.2 Å². The zero-order chi connectivity index (χ0) is 10.8. The Kier molecular flexibility index (Phi) is 2.55. The van der Waals surface area contributed by atoms with Gasteiger partial charge in [-0.25, -0.2) is 4.39 Å². The van der Waals surface area contributed by atoms with Gasteiger partial charge in [0.15, 0.2) is 6.10 Å². The highest BCUT2D eigenvalue weighted by atomic mass is 19.1. The number of carbonyl (C=O) groups is 1. The lowest BCUT2D eigenvalue weighted by Crippen LogP contribution is -2.32. The predicted molar refractivity (Wildman–Crippen MR) is 54.3 cm³/mol. The van der Waals surface area contributed by atoms with Gasteiger partial charge in [-0.2, -0.15) is 0 Å². The summed E-state index contributed by atoms with van der Waals surface area (Å²) in [7, 11) is 1.46. The van der Waals surface area contributed by atoms with E-state index in [0.29, 0.717) is 17.9 Å². The summed E-state index contributed by atoms with van der Waals surface area (Å²) in [5.74, 6) is -0.568. The molecule has 1 aliphatic rings. The average molecular weight is 210 g/mol. The summed E-state index contributed by atoms with van der Waals surface area (Å²) in [4.78, 5) is 11.5. The molecule has 2 rings (SSSR count). The first-order valence-corrected chi connectivity index (χ1v) is 4.58. The van der Waals surface area contributed by atoms with Gasteiger partial charge in [-0.15, -0.1) is 0 Å². The molecule has 1 atom stereocenters. The first kappa shape index (κ1) is 9.92. The fraction of sp³-hybridized carbons (Fsp3) is 0.300. The Labute approximate surface area is 86.4 Å². The van der Waals surface area contributed by atoms with Crippen molar-refractivity contribution < 1.29 is 13.9 Å². The first-order chi connectivity index (χ1) is 7.20. The van der Waals surface area contributed by atoms with Crippen LogP contribution in [0.25, 0.3) is 0 Å². The molecule has 0 radical (unpaired) electrons. The third-order valence-electron chi connectivity index (χ3n) is 2.29. The molecule has 1 amide bonds. The molecule has 1 aromatic rings. The lowest BCUT2D eigenvalue weighted by atomic mass is 10.2. The standard InChI is InChI=1S/C10H11FN2O2/c1-15-9-5-12-8-4-6(11)2-3-7(8)13-10(9)14/h2-4,9,12H,5H2,1H3,(H,13,14). The minimum atomic E-state index is -0.555. The molecule has 0 spiro atoms. The first-order valence-electron chi connectivity index (χ1n) is 4.58. The Morgan fingerprint density at radius 2 is 2.27 bits per heavy atom. The number of hydrogen-bond donors (Lipinski definition) is 2. The minimum absolute atomic E-state index is 0.227. The summed E-state index contributed by atoms with van der Waals surface area (Å²) in [6.07, 6.45) is -0.555. The van der Waals surface area contributed by atoms with E-state index in [4.69, 9.17) is 4.74 Å². The molecule has 0 aliphatic carbocycles. The quantitative estimate of drug-likeness (QED) is 0.732. The van der Waals surface area contributed by atoms with Crippen molar-refractivity contribution in [1.29, 1.82) is 0 Å². The minimum Gasteiger partial charge on any atom is -0.380 e. The number of ether oxygens (including phenoxy) is 1. The maximum Gasteiger partial charge on any atom is 0.255 e. The van der Waals surface area contributed by atoms with Gasteiger partial charge in [-0.05, 0) is 18.2 Å². The Bertz CT molecular complexity index is 395. The summed E-state index contributed by atoms with van der Waals surface area (Å²) in [5, 5.41) is 5.61. The fourth-order valence-electron chi connectivity index (χ4n) is 1.47. The lowest BCUT2D eigenvalue weighted by Gasteiger charge is -2.09. The largest absolute Gasteiger partial charge is 0.380 e. The van der Waals surface area contributed by atoms with E-state index >= 15 is 0 Å². The predicted octanol–water partition coefficient (Wildman–Crippen LogP) is 1.20. The van der Waals surface area contributed by atoms with Crippen LogP contribution in [0.1, 0.15) is 0 Å². The maximum atomic E-state index is 12.9. The zero-order valence-electron chi connectivity index (χ0n) is 8.21. The van der Waals surface area contributed by atoms with Crippen LogP contribution in [0.5, 0.6) is 0 Å². The van der Waals surface area contributed by atoms with Crippen molar-refractivity contribution in [2.24, 2.45) is 0 Å². The third kappa shape index (κ3) is 1.92. The number of carbonyl (C=O) groups excluding carboxylic acids is 1. The molecule has 0 saturated heterocycles. The molecule has 4 nitrogen and oxygen atoms in total. The lowest BCUT2D eigenvalue weighted by molar-refractivity contribution is -0.124. The number of hydrogen-bond acceptors (Lipinski definition) is 3. The second-order valence-electron chi connectivity index (χ2n) is 3.28. The fourth-order valence-corrected chi connectivity index (χ4v) is 1.47. The number of fused-ring (bicyclic) bond motifs is 1. The molecule has 0 aromatic heterocycles. The van der Waals surface area contributed by atoms with E-state index in [9.17, 15) is 9.18 Å². The van der Waals surface area contributed by atoms with Crippen molar-refractivity contribution in [2.75, 3.05) is 24.3 Å². The number of nitrogens with one attached hydrogen (secondary N) is 2. The van der Waals surface area contributed by atoms with Crippen molar-refractivity contribution in [1.82, 2.24) is 0 Å². The summed E-state index contributed by atoms with van der Waals surface area (Å²) in [6.45, 7) is 0.332. The average Bonchev–Trinajstić information content (AvgIpc) is 2.36. The number of halogens is 1. The number of anilines is 2. The zero-order valence-corrected chi connectivity index (χ0v) is 8.21. The Balaban J connectivity index is 2.31. The van der Waals surface area contributed by atoms with E-state index in [0.717, 1.165) is 0 Å². The van der Waals surface area contributed by atoms with Crippen LogP contribution in [0.4, 0.5) is 15.8 Å². The van der Waals surface area contributed by atoms with Gasteiger partial charge in [0.05, 0.1) is 17.9 Å². The Morgan fingerprint density at radius 3 is 3.00 bits per heavy atom. The highest BCUT2D eigenvalue weighted by molar-refractivity contribution is 5.98. The third-order valence-corrected chi connectivity index (χ3v) is 2.29. The van der Waals surface area contributed by atoms with Crippen LogP contribution in [0, 0.1) is 5.82 Å². The molecule has 0 fully saturated rings. The maximum absolute atomic E-state index is 12.9. The molecule has 0 bridgehead atoms. The van der Waals surface area contributed by atoms with E-state index in [1.165, 1.54) is 25.3 Å². The molecular weight excluding hydrogens is 199 g/mol. The Morgan fingerprint density at radius 1 is 1.47 bits per heavy atom. The van der Waals surface area contributed by atoms with Crippen LogP contribution in [0.2, 0.25) is 0 Å². The molecular formula is C10H11FN2O2. The molecule has 2 N–H and O–H groups in total. The molecule has 1 heterocycles.